The fraction of sp³-hybridized carbons (Fsp3) is 0.385. The molecule has 0 heterocycles. The number of hydrogen-bond donors (Lipinski definition) is 3. The third-order valence-electron chi connectivity index (χ3n) is 2.90. The van der Waals surface area contributed by atoms with Crippen LogP contribution in [-0.4, -0.2) is 22.5 Å². The third kappa shape index (κ3) is 4.44. The summed E-state index contributed by atoms with van der Waals surface area (Å²) in [6.07, 6.45) is 0.666. The van der Waals surface area contributed by atoms with Crippen LogP contribution in [0.2, 0.25) is 5.02 Å². The molecule has 6 heteroatoms. The highest BCUT2D eigenvalue weighted by Crippen LogP contribution is 2.26. The average molecular weight is 285 g/mol. The Morgan fingerprint density at radius 2 is 2.05 bits per heavy atom. The van der Waals surface area contributed by atoms with E-state index in [-0.39, 0.29) is 6.42 Å². The molecule has 0 aliphatic carbocycles. The molecule has 1 aromatic rings. The lowest BCUT2D eigenvalue weighted by atomic mass is 9.93. The Morgan fingerprint density at radius 1 is 1.42 bits per heavy atom. The summed E-state index contributed by atoms with van der Waals surface area (Å²) in [5, 5.41) is 12.1. The zero-order chi connectivity index (χ0) is 14.5. The van der Waals surface area contributed by atoms with Crippen LogP contribution in [0.1, 0.15) is 26.2 Å². The molecular weight excluding hydrogens is 268 g/mol. The summed E-state index contributed by atoms with van der Waals surface area (Å²) in [5.74, 6) is -1.44. The van der Waals surface area contributed by atoms with Crippen LogP contribution in [0, 0.1) is 0 Å². The lowest BCUT2D eigenvalue weighted by Crippen LogP contribution is -2.48. The third-order valence-corrected chi connectivity index (χ3v) is 3.23. The molecule has 0 radical (unpaired) electrons. The van der Waals surface area contributed by atoms with Crippen molar-refractivity contribution in [2.75, 3.05) is 5.32 Å². The van der Waals surface area contributed by atoms with Crippen LogP contribution in [0.3, 0.4) is 0 Å². The van der Waals surface area contributed by atoms with Crippen molar-refractivity contribution in [2.24, 2.45) is 5.73 Å². The van der Waals surface area contributed by atoms with Crippen LogP contribution < -0.4 is 11.1 Å². The molecule has 0 fully saturated rings. The van der Waals surface area contributed by atoms with Gasteiger partial charge in [-0.05, 0) is 31.9 Å². The van der Waals surface area contributed by atoms with Crippen LogP contribution >= 0.6 is 11.6 Å². The number of nitrogens with two attached hydrogens (primary N) is 1. The molecule has 1 atom stereocenters. The number of amides is 1. The lowest BCUT2D eigenvalue weighted by molar-refractivity contribution is -0.137. The van der Waals surface area contributed by atoms with Gasteiger partial charge in [-0.2, -0.15) is 0 Å². The van der Waals surface area contributed by atoms with Gasteiger partial charge in [0.25, 0.3) is 0 Å². The highest BCUT2D eigenvalue weighted by molar-refractivity contribution is 6.33. The maximum atomic E-state index is 11.6. The number of hydrogen-bond acceptors (Lipinski definition) is 3. The highest BCUT2D eigenvalue weighted by Gasteiger charge is 2.31. The fourth-order valence-electron chi connectivity index (χ4n) is 1.70. The minimum Gasteiger partial charge on any atom is -0.481 e. The van der Waals surface area contributed by atoms with Gasteiger partial charge in [0.2, 0.25) is 5.91 Å². The van der Waals surface area contributed by atoms with Crippen molar-refractivity contribution < 1.29 is 14.7 Å². The first kappa shape index (κ1) is 15.3. The van der Waals surface area contributed by atoms with Gasteiger partial charge in [0, 0.05) is 6.42 Å². The number of carbonyl (C=O) groups is 2. The van der Waals surface area contributed by atoms with Gasteiger partial charge in [-0.15, -0.1) is 0 Å². The molecule has 4 N–H and O–H groups in total. The molecule has 0 aliphatic heterocycles. The first-order chi connectivity index (χ1) is 8.85. The van der Waals surface area contributed by atoms with Crippen LogP contribution in [0.4, 0.5) is 5.69 Å². The van der Waals surface area contributed by atoms with E-state index in [2.05, 4.69) is 5.32 Å². The minimum atomic E-state index is -1.03. The van der Waals surface area contributed by atoms with E-state index in [0.717, 1.165) is 0 Å². The van der Waals surface area contributed by atoms with Crippen LogP contribution in [0.15, 0.2) is 24.3 Å². The minimum absolute atomic E-state index is 0.00687. The Kier molecular flexibility index (Phi) is 5.18. The zero-order valence-electron chi connectivity index (χ0n) is 10.6. The van der Waals surface area contributed by atoms with Gasteiger partial charge in [0.05, 0.1) is 10.7 Å². The molecule has 1 rings (SSSR count). The van der Waals surface area contributed by atoms with Crippen LogP contribution in [0.5, 0.6) is 0 Å². The number of anilines is 1. The largest absolute Gasteiger partial charge is 0.481 e. The van der Waals surface area contributed by atoms with Crippen molar-refractivity contribution in [1.82, 2.24) is 0 Å². The zero-order valence-corrected chi connectivity index (χ0v) is 11.4. The lowest BCUT2D eigenvalue weighted by Gasteiger charge is -2.29. The molecule has 0 aliphatic rings. The Hall–Kier alpha value is -1.75. The number of carboxylic acids is 1. The normalized spacial score (nSPS) is 13.6. The Morgan fingerprint density at radius 3 is 2.58 bits per heavy atom. The standard InChI is InChI=1S/C13H17ClN2O3/c1-13(12(15)19,8-4-7-11(17)18)16-10-6-3-2-5-9(10)14/h2-3,5-6,16H,4,7-8H2,1H3,(H2,15,19)(H,17,18). The van der Waals surface area contributed by atoms with Gasteiger partial charge >= 0.3 is 5.97 Å². The monoisotopic (exact) mass is 284 g/mol. The number of aliphatic carboxylic acids is 1. The Bertz CT molecular complexity index is 479. The SMILES string of the molecule is CC(CCCC(=O)O)(Nc1ccccc1Cl)C(N)=O. The second-order valence-electron chi connectivity index (χ2n) is 4.55. The molecule has 1 unspecified atom stereocenters. The van der Waals surface area contributed by atoms with E-state index < -0.39 is 17.4 Å². The highest BCUT2D eigenvalue weighted by atomic mass is 35.5. The van der Waals surface area contributed by atoms with Gasteiger partial charge in [0.1, 0.15) is 5.54 Å². The number of para-hydroxylation sites is 1. The number of benzene rings is 1. The number of carboxylic acid groups (broad SMARTS) is 1. The summed E-state index contributed by atoms with van der Waals surface area (Å²) in [5.41, 5.74) is 4.96. The summed E-state index contributed by atoms with van der Waals surface area (Å²) in [7, 11) is 0. The molecular formula is C13H17ClN2O3. The summed E-state index contributed by atoms with van der Waals surface area (Å²) in [4.78, 5) is 22.1. The molecule has 5 nitrogen and oxygen atoms in total. The van der Waals surface area contributed by atoms with E-state index in [1.54, 1.807) is 31.2 Å². The second kappa shape index (κ2) is 6.43. The average Bonchev–Trinajstić information content (AvgIpc) is 2.31. The topological polar surface area (TPSA) is 92.4 Å². The van der Waals surface area contributed by atoms with Crippen LogP contribution in [-0.2, 0) is 9.59 Å². The molecule has 0 bridgehead atoms. The summed E-state index contributed by atoms with van der Waals surface area (Å²) < 4.78 is 0. The maximum absolute atomic E-state index is 11.6. The molecule has 104 valence electrons. The van der Waals surface area contributed by atoms with E-state index >= 15 is 0 Å². The van der Waals surface area contributed by atoms with E-state index in [1.165, 1.54) is 0 Å². The molecule has 1 amide bonds. The first-order valence-corrected chi connectivity index (χ1v) is 6.27. The summed E-state index contributed by atoms with van der Waals surface area (Å²) in [6, 6.07) is 7.00. The summed E-state index contributed by atoms with van der Waals surface area (Å²) >= 11 is 6.01. The van der Waals surface area contributed by atoms with Crippen molar-refractivity contribution in [1.29, 1.82) is 0 Å². The van der Waals surface area contributed by atoms with Gasteiger partial charge in [0.15, 0.2) is 0 Å². The van der Waals surface area contributed by atoms with Crippen molar-refractivity contribution >= 4 is 29.2 Å². The molecule has 0 saturated carbocycles. The second-order valence-corrected chi connectivity index (χ2v) is 4.96. The van der Waals surface area contributed by atoms with Gasteiger partial charge in [-0.3, -0.25) is 9.59 Å². The number of nitrogens with one attached hydrogen (secondary N) is 1. The molecule has 19 heavy (non-hydrogen) atoms. The van der Waals surface area contributed by atoms with E-state index in [1.807, 2.05) is 0 Å². The van der Waals surface area contributed by atoms with E-state index in [0.29, 0.717) is 23.6 Å². The van der Waals surface area contributed by atoms with E-state index in [4.69, 9.17) is 22.4 Å². The quantitative estimate of drug-likeness (QED) is 0.716. The maximum Gasteiger partial charge on any atom is 0.303 e. The molecule has 0 spiro atoms. The van der Waals surface area contributed by atoms with Gasteiger partial charge < -0.3 is 16.2 Å². The van der Waals surface area contributed by atoms with Crippen molar-refractivity contribution in [2.45, 2.75) is 31.7 Å². The molecule has 1 aromatic carbocycles. The van der Waals surface area contributed by atoms with Crippen molar-refractivity contribution in [3.63, 3.8) is 0 Å². The van der Waals surface area contributed by atoms with Gasteiger partial charge in [-0.1, -0.05) is 23.7 Å². The molecule has 0 saturated heterocycles. The van der Waals surface area contributed by atoms with Gasteiger partial charge in [-0.25, -0.2) is 0 Å². The Balaban J connectivity index is 2.79. The fourth-order valence-corrected chi connectivity index (χ4v) is 1.88. The number of primary amides is 1. The predicted octanol–water partition coefficient (Wildman–Crippen LogP) is 2.25. The van der Waals surface area contributed by atoms with E-state index in [9.17, 15) is 9.59 Å². The number of carbonyl (C=O) groups excluding carboxylic acids is 1. The predicted molar refractivity (Wildman–Crippen MR) is 74.2 cm³/mol. The number of rotatable bonds is 7. The van der Waals surface area contributed by atoms with Crippen LogP contribution in [0.25, 0.3) is 0 Å². The summed E-state index contributed by atoms with van der Waals surface area (Å²) in [6.45, 7) is 1.64. The van der Waals surface area contributed by atoms with Crippen molar-refractivity contribution in [3.8, 4) is 0 Å². The Labute approximate surface area is 116 Å². The van der Waals surface area contributed by atoms with Crippen molar-refractivity contribution in [3.05, 3.63) is 29.3 Å². The molecule has 0 aromatic heterocycles. The first-order valence-electron chi connectivity index (χ1n) is 5.89. The number of halogens is 1. The smallest absolute Gasteiger partial charge is 0.303 e.